The number of aromatic carboxylic acids is 1. The minimum Gasteiger partial charge on any atom is -0.493 e. The zero-order valence-corrected chi connectivity index (χ0v) is 18.4. The second-order valence-electron chi connectivity index (χ2n) is 5.94. The number of nitrogens with one attached hydrogen (secondary N) is 1. The monoisotopic (exact) mass is 473 g/mol. The van der Waals surface area contributed by atoms with Crippen molar-refractivity contribution in [3.05, 3.63) is 46.5 Å². The molecule has 12 heteroatoms. The lowest BCUT2D eigenvalue weighted by Crippen LogP contribution is -2.17. The average molecular weight is 474 g/mol. The number of benzene rings is 2. The van der Waals surface area contributed by atoms with Crippen molar-refractivity contribution in [2.75, 3.05) is 39.3 Å². The Labute approximate surface area is 183 Å². The van der Waals surface area contributed by atoms with E-state index >= 15 is 0 Å². The van der Waals surface area contributed by atoms with E-state index < -0.39 is 26.9 Å². The molecule has 0 bridgehead atoms. The predicted octanol–water partition coefficient (Wildman–Crippen LogP) is 2.66. The van der Waals surface area contributed by atoms with E-state index in [1.165, 1.54) is 32.4 Å². The molecule has 0 saturated heterocycles. The normalized spacial score (nSPS) is 11.0. The van der Waals surface area contributed by atoms with Crippen molar-refractivity contribution >= 4 is 39.3 Å². The lowest BCUT2D eigenvalue weighted by molar-refractivity contribution is 0.0599. The topological polar surface area (TPSA) is 137 Å². The Hall–Kier alpha value is -3.02. The van der Waals surface area contributed by atoms with Gasteiger partial charge in [-0.05, 0) is 18.2 Å². The van der Waals surface area contributed by atoms with E-state index in [1.54, 1.807) is 0 Å². The molecule has 2 aromatic carbocycles. The Morgan fingerprint density at radius 1 is 1.06 bits per heavy atom. The summed E-state index contributed by atoms with van der Waals surface area (Å²) in [5.41, 5.74) is -0.732. The van der Waals surface area contributed by atoms with Gasteiger partial charge in [0, 0.05) is 19.2 Å². The summed E-state index contributed by atoms with van der Waals surface area (Å²) in [4.78, 5) is 23.0. The molecule has 0 atom stereocenters. The van der Waals surface area contributed by atoms with Gasteiger partial charge in [-0.3, -0.25) is 4.72 Å². The number of carbonyl (C=O) groups is 2. The van der Waals surface area contributed by atoms with E-state index in [9.17, 15) is 23.1 Å². The average Bonchev–Trinajstić information content (AvgIpc) is 2.73. The molecule has 0 aliphatic heterocycles. The van der Waals surface area contributed by atoms with Gasteiger partial charge in [-0.2, -0.15) is 0 Å². The molecule has 0 amide bonds. The maximum absolute atomic E-state index is 13.0. The van der Waals surface area contributed by atoms with E-state index in [0.717, 1.165) is 19.2 Å². The van der Waals surface area contributed by atoms with E-state index in [1.807, 2.05) is 0 Å². The summed E-state index contributed by atoms with van der Waals surface area (Å²) in [6.07, 6.45) is 0. The second kappa shape index (κ2) is 10.3. The number of sulfonamides is 1. The van der Waals surface area contributed by atoms with Crippen LogP contribution in [0.2, 0.25) is 5.02 Å². The van der Waals surface area contributed by atoms with Crippen LogP contribution in [-0.2, 0) is 19.5 Å². The zero-order chi connectivity index (χ0) is 23.2. The fourth-order valence-corrected chi connectivity index (χ4v) is 4.08. The van der Waals surface area contributed by atoms with Gasteiger partial charge in [0.1, 0.15) is 11.5 Å². The number of methoxy groups -OCH3 is 3. The van der Waals surface area contributed by atoms with Gasteiger partial charge in [-0.25, -0.2) is 18.0 Å². The summed E-state index contributed by atoms with van der Waals surface area (Å²) in [7, 11) is -0.472. The molecule has 0 heterocycles. The highest BCUT2D eigenvalue weighted by Crippen LogP contribution is 2.35. The number of carboxylic acid groups (broad SMARTS) is 1. The summed E-state index contributed by atoms with van der Waals surface area (Å²) in [5.74, 6) is -2.00. The van der Waals surface area contributed by atoms with Gasteiger partial charge in [0.2, 0.25) is 0 Å². The number of hydrogen-bond donors (Lipinski definition) is 2. The van der Waals surface area contributed by atoms with Crippen LogP contribution in [0.4, 0.5) is 5.69 Å². The van der Waals surface area contributed by atoms with Crippen LogP contribution < -0.4 is 14.2 Å². The van der Waals surface area contributed by atoms with Gasteiger partial charge in [-0.15, -0.1) is 0 Å². The molecule has 10 nitrogen and oxygen atoms in total. The number of carbonyl (C=O) groups excluding carboxylic acids is 1. The van der Waals surface area contributed by atoms with Gasteiger partial charge in [0.15, 0.2) is 11.5 Å². The number of esters is 1. The third-order valence-electron chi connectivity index (χ3n) is 3.97. The molecule has 0 fully saturated rings. The quantitative estimate of drug-likeness (QED) is 0.394. The minimum atomic E-state index is -4.40. The van der Waals surface area contributed by atoms with Crippen molar-refractivity contribution in [2.45, 2.75) is 4.90 Å². The molecule has 0 aromatic heterocycles. The summed E-state index contributed by atoms with van der Waals surface area (Å²) in [5, 5.41) is 9.34. The van der Waals surface area contributed by atoms with Gasteiger partial charge < -0.3 is 24.1 Å². The summed E-state index contributed by atoms with van der Waals surface area (Å²) < 4.78 is 48.2. The van der Waals surface area contributed by atoms with Crippen molar-refractivity contribution in [3.63, 3.8) is 0 Å². The van der Waals surface area contributed by atoms with Crippen molar-refractivity contribution in [3.8, 4) is 11.5 Å². The molecule has 0 unspecified atom stereocenters. The first-order chi connectivity index (χ1) is 14.6. The van der Waals surface area contributed by atoms with E-state index in [2.05, 4.69) is 9.46 Å². The summed E-state index contributed by atoms with van der Waals surface area (Å²) in [6.45, 7) is 0.347. The van der Waals surface area contributed by atoms with Crippen LogP contribution in [0.5, 0.6) is 11.5 Å². The Morgan fingerprint density at radius 3 is 2.35 bits per heavy atom. The molecule has 2 aromatic rings. The molecule has 31 heavy (non-hydrogen) atoms. The molecule has 2 rings (SSSR count). The van der Waals surface area contributed by atoms with Crippen LogP contribution in [0, 0.1) is 0 Å². The van der Waals surface area contributed by atoms with E-state index in [4.69, 9.17) is 25.8 Å². The number of anilines is 1. The smallest absolute Gasteiger partial charge is 0.337 e. The highest BCUT2D eigenvalue weighted by molar-refractivity contribution is 7.92. The molecule has 168 valence electrons. The van der Waals surface area contributed by atoms with Crippen LogP contribution in [0.3, 0.4) is 0 Å². The van der Waals surface area contributed by atoms with E-state index in [-0.39, 0.29) is 46.5 Å². The number of halogens is 1. The van der Waals surface area contributed by atoms with Crippen LogP contribution in [-0.4, -0.2) is 60.0 Å². The van der Waals surface area contributed by atoms with Gasteiger partial charge in [0.25, 0.3) is 10.0 Å². The molecule has 0 aliphatic carbocycles. The standard InChI is InChI=1S/C19H20ClNO9S/c1-27-6-7-30-16-10-14(12(18(22)23)9-15(16)28-2)21-31(25,26)17-8-11(19(24)29-3)4-5-13(17)20/h4-5,8-10,21H,6-7H2,1-3H3,(H,22,23). The maximum atomic E-state index is 13.0. The zero-order valence-electron chi connectivity index (χ0n) is 16.8. The van der Waals surface area contributed by atoms with Crippen LogP contribution >= 0.6 is 11.6 Å². The van der Waals surface area contributed by atoms with Crippen molar-refractivity contribution in [1.29, 1.82) is 0 Å². The highest BCUT2D eigenvalue weighted by Gasteiger charge is 2.25. The molecule has 0 radical (unpaired) electrons. The first-order valence-electron chi connectivity index (χ1n) is 8.62. The number of hydrogen-bond acceptors (Lipinski definition) is 8. The fraction of sp³-hybridized carbons (Fsp3) is 0.263. The highest BCUT2D eigenvalue weighted by atomic mass is 35.5. The summed E-state index contributed by atoms with van der Waals surface area (Å²) >= 11 is 6.01. The minimum absolute atomic E-state index is 0.0518. The van der Waals surface area contributed by atoms with Gasteiger partial charge in [0.05, 0.1) is 42.7 Å². The molecular weight excluding hydrogens is 454 g/mol. The molecule has 2 N–H and O–H groups in total. The number of ether oxygens (including phenoxy) is 4. The lowest BCUT2D eigenvalue weighted by Gasteiger charge is -2.16. The molecule has 0 saturated carbocycles. The second-order valence-corrected chi connectivity index (χ2v) is 8.00. The van der Waals surface area contributed by atoms with Crippen LogP contribution in [0.15, 0.2) is 35.2 Å². The molecule has 0 spiro atoms. The van der Waals surface area contributed by atoms with E-state index in [0.29, 0.717) is 0 Å². The molecular formula is C19H20ClNO9S. The van der Waals surface area contributed by atoms with Crippen LogP contribution in [0.25, 0.3) is 0 Å². The van der Waals surface area contributed by atoms with Crippen LogP contribution in [0.1, 0.15) is 20.7 Å². The number of rotatable bonds is 10. The SMILES string of the molecule is COCCOc1cc(NS(=O)(=O)c2cc(C(=O)OC)ccc2Cl)c(C(=O)O)cc1OC. The molecule has 0 aliphatic rings. The Bertz CT molecular complexity index is 1090. The van der Waals surface area contributed by atoms with Gasteiger partial charge in [-0.1, -0.05) is 11.6 Å². The van der Waals surface area contributed by atoms with Crippen molar-refractivity contribution in [2.24, 2.45) is 0 Å². The predicted molar refractivity (Wildman–Crippen MR) is 111 cm³/mol. The Kier molecular flexibility index (Phi) is 8.08. The third-order valence-corrected chi connectivity index (χ3v) is 5.81. The third kappa shape index (κ3) is 5.78. The summed E-state index contributed by atoms with van der Waals surface area (Å²) in [6, 6.07) is 5.83. The Balaban J connectivity index is 2.53. The lowest BCUT2D eigenvalue weighted by atomic mass is 10.1. The van der Waals surface area contributed by atoms with Crippen molar-refractivity contribution in [1.82, 2.24) is 0 Å². The fourth-order valence-electron chi connectivity index (χ4n) is 2.48. The largest absolute Gasteiger partial charge is 0.493 e. The van der Waals surface area contributed by atoms with Gasteiger partial charge >= 0.3 is 11.9 Å². The maximum Gasteiger partial charge on any atom is 0.337 e. The Morgan fingerprint density at radius 2 is 1.77 bits per heavy atom. The van der Waals surface area contributed by atoms with Crippen molar-refractivity contribution < 1.29 is 42.1 Å². The number of carboxylic acids is 1. The first kappa shape index (κ1) is 24.3. The first-order valence-corrected chi connectivity index (χ1v) is 10.5.